The highest BCUT2D eigenvalue weighted by Gasteiger charge is 2.08. The van der Waals surface area contributed by atoms with Crippen LogP contribution in [0.5, 0.6) is 0 Å². The van der Waals surface area contributed by atoms with Crippen molar-refractivity contribution in [3.05, 3.63) is 36.5 Å². The van der Waals surface area contributed by atoms with E-state index in [1.807, 2.05) is 24.3 Å². The Morgan fingerprint density at radius 1 is 1.14 bits per heavy atom. The first-order valence-corrected chi connectivity index (χ1v) is 6.01. The molecule has 0 atom stereocenters. The molecule has 0 N–H and O–H groups in total. The lowest BCUT2D eigenvalue weighted by molar-refractivity contribution is 0.598. The number of benzene rings is 1. The van der Waals surface area contributed by atoms with Gasteiger partial charge < -0.3 is 0 Å². The fraction of sp³-hybridized carbons (Fsp3) is 0.100. The van der Waals surface area contributed by atoms with Crippen LogP contribution < -0.4 is 0 Å². The smallest absolute Gasteiger partial charge is 0.192 e. The van der Waals surface area contributed by atoms with E-state index in [9.17, 15) is 8.42 Å². The molecular weight excluding hydrogens is 198 g/mol. The largest absolute Gasteiger partial charge is 0.244 e. The predicted molar refractivity (Wildman–Crippen MR) is 54.9 cm³/mol. The van der Waals surface area contributed by atoms with Crippen molar-refractivity contribution in [1.82, 2.24) is 4.98 Å². The average molecular weight is 207 g/mol. The first-order valence-electron chi connectivity index (χ1n) is 4.12. The van der Waals surface area contributed by atoms with Gasteiger partial charge in [-0.1, -0.05) is 24.3 Å². The number of hydrogen-bond donors (Lipinski definition) is 0. The van der Waals surface area contributed by atoms with E-state index >= 15 is 0 Å². The standard InChI is InChI=1S/C10H9NO2S/c1-14(12,13)10-6-8-4-2-3-5-9(8)7-11-10/h2-7H,1H3. The van der Waals surface area contributed by atoms with Crippen molar-refractivity contribution in [3.63, 3.8) is 0 Å². The monoisotopic (exact) mass is 207 g/mol. The maximum absolute atomic E-state index is 11.2. The Morgan fingerprint density at radius 2 is 1.79 bits per heavy atom. The molecule has 0 amide bonds. The first kappa shape index (κ1) is 9.15. The van der Waals surface area contributed by atoms with Crippen LogP contribution in [-0.4, -0.2) is 19.7 Å². The second-order valence-corrected chi connectivity index (χ2v) is 5.10. The van der Waals surface area contributed by atoms with Gasteiger partial charge >= 0.3 is 0 Å². The number of pyridine rings is 1. The van der Waals surface area contributed by atoms with Gasteiger partial charge in [-0.05, 0) is 11.5 Å². The first-order chi connectivity index (χ1) is 6.57. The number of sulfone groups is 1. The molecule has 0 aliphatic rings. The molecule has 1 heterocycles. The van der Waals surface area contributed by atoms with Crippen LogP contribution in [0.3, 0.4) is 0 Å². The Kier molecular flexibility index (Phi) is 2.00. The van der Waals surface area contributed by atoms with Crippen LogP contribution in [0.1, 0.15) is 0 Å². The van der Waals surface area contributed by atoms with Gasteiger partial charge in [-0.15, -0.1) is 0 Å². The van der Waals surface area contributed by atoms with Gasteiger partial charge in [0, 0.05) is 17.8 Å². The minimum Gasteiger partial charge on any atom is -0.244 e. The van der Waals surface area contributed by atoms with Crippen LogP contribution in [0.25, 0.3) is 10.8 Å². The van der Waals surface area contributed by atoms with Gasteiger partial charge in [-0.3, -0.25) is 0 Å². The molecule has 1 aromatic heterocycles. The summed E-state index contributed by atoms with van der Waals surface area (Å²) in [6.45, 7) is 0. The molecule has 1 aromatic carbocycles. The quantitative estimate of drug-likeness (QED) is 0.714. The summed E-state index contributed by atoms with van der Waals surface area (Å²) in [6, 6.07) is 9.11. The third-order valence-corrected chi connectivity index (χ3v) is 2.97. The van der Waals surface area contributed by atoms with Crippen molar-refractivity contribution < 1.29 is 8.42 Å². The molecule has 3 nitrogen and oxygen atoms in total. The highest BCUT2D eigenvalue weighted by molar-refractivity contribution is 7.90. The zero-order valence-corrected chi connectivity index (χ0v) is 8.45. The van der Waals surface area contributed by atoms with E-state index < -0.39 is 9.84 Å². The number of aromatic nitrogens is 1. The molecule has 0 saturated carbocycles. The topological polar surface area (TPSA) is 47.0 Å². The summed E-state index contributed by atoms with van der Waals surface area (Å²) in [5.41, 5.74) is 0. The van der Waals surface area contributed by atoms with Gasteiger partial charge in [0.1, 0.15) is 0 Å². The number of hydrogen-bond acceptors (Lipinski definition) is 3. The minimum absolute atomic E-state index is 0.121. The molecule has 0 aliphatic heterocycles. The molecule has 0 bridgehead atoms. The molecule has 0 fully saturated rings. The van der Waals surface area contributed by atoms with E-state index in [1.54, 1.807) is 12.3 Å². The lowest BCUT2D eigenvalue weighted by Crippen LogP contribution is -1.99. The van der Waals surface area contributed by atoms with Gasteiger partial charge in [-0.25, -0.2) is 13.4 Å². The molecule has 0 spiro atoms. The summed E-state index contributed by atoms with van der Waals surface area (Å²) in [7, 11) is -3.21. The Balaban J connectivity index is 2.75. The van der Waals surface area contributed by atoms with Crippen LogP contribution in [0.2, 0.25) is 0 Å². The molecule has 0 aliphatic carbocycles. The molecule has 72 valence electrons. The fourth-order valence-corrected chi connectivity index (χ4v) is 1.85. The van der Waals surface area contributed by atoms with Gasteiger partial charge in [0.15, 0.2) is 14.9 Å². The van der Waals surface area contributed by atoms with Crippen molar-refractivity contribution in [1.29, 1.82) is 0 Å². The Bertz CT molecular complexity index is 575. The van der Waals surface area contributed by atoms with Crippen molar-refractivity contribution in [2.45, 2.75) is 5.03 Å². The molecule has 2 rings (SSSR count). The predicted octanol–water partition coefficient (Wildman–Crippen LogP) is 1.64. The van der Waals surface area contributed by atoms with Crippen molar-refractivity contribution in [2.75, 3.05) is 6.26 Å². The lowest BCUT2D eigenvalue weighted by Gasteiger charge is -1.99. The highest BCUT2D eigenvalue weighted by Crippen LogP contribution is 2.15. The zero-order chi connectivity index (χ0) is 10.2. The summed E-state index contributed by atoms with van der Waals surface area (Å²) in [6.07, 6.45) is 2.73. The Labute approximate surface area is 82.3 Å². The summed E-state index contributed by atoms with van der Waals surface area (Å²) < 4.78 is 22.4. The second kappa shape index (κ2) is 3.06. The summed E-state index contributed by atoms with van der Waals surface area (Å²) in [5.74, 6) is 0. The molecule has 0 radical (unpaired) electrons. The minimum atomic E-state index is -3.21. The number of fused-ring (bicyclic) bond motifs is 1. The van der Waals surface area contributed by atoms with Crippen LogP contribution in [0.4, 0.5) is 0 Å². The van der Waals surface area contributed by atoms with Gasteiger partial charge in [0.25, 0.3) is 0 Å². The Hall–Kier alpha value is -1.42. The van der Waals surface area contributed by atoms with E-state index in [0.717, 1.165) is 17.0 Å². The van der Waals surface area contributed by atoms with Gasteiger partial charge in [0.2, 0.25) is 0 Å². The van der Waals surface area contributed by atoms with Crippen molar-refractivity contribution in [2.24, 2.45) is 0 Å². The molecule has 0 saturated heterocycles. The molecule has 2 aromatic rings. The molecular formula is C10H9NO2S. The third-order valence-electron chi connectivity index (χ3n) is 1.99. The fourth-order valence-electron chi connectivity index (χ4n) is 1.27. The van der Waals surface area contributed by atoms with Crippen molar-refractivity contribution >= 4 is 20.6 Å². The van der Waals surface area contributed by atoms with Crippen LogP contribution in [0.15, 0.2) is 41.6 Å². The van der Waals surface area contributed by atoms with Crippen molar-refractivity contribution in [3.8, 4) is 0 Å². The number of rotatable bonds is 1. The summed E-state index contributed by atoms with van der Waals surface area (Å²) >= 11 is 0. The highest BCUT2D eigenvalue weighted by atomic mass is 32.2. The second-order valence-electron chi connectivity index (χ2n) is 3.14. The van der Waals surface area contributed by atoms with E-state index in [-0.39, 0.29) is 5.03 Å². The van der Waals surface area contributed by atoms with Gasteiger partial charge in [-0.2, -0.15) is 0 Å². The van der Waals surface area contributed by atoms with E-state index in [0.29, 0.717) is 0 Å². The maximum atomic E-state index is 11.2. The van der Waals surface area contributed by atoms with E-state index in [1.165, 1.54) is 0 Å². The van der Waals surface area contributed by atoms with E-state index in [4.69, 9.17) is 0 Å². The van der Waals surface area contributed by atoms with Gasteiger partial charge in [0.05, 0.1) is 0 Å². The van der Waals surface area contributed by atoms with Crippen LogP contribution >= 0.6 is 0 Å². The Morgan fingerprint density at radius 3 is 2.43 bits per heavy atom. The number of nitrogens with zero attached hydrogens (tertiary/aromatic N) is 1. The molecule has 0 unspecified atom stereocenters. The average Bonchev–Trinajstić information content (AvgIpc) is 2.16. The van der Waals surface area contributed by atoms with Crippen LogP contribution in [-0.2, 0) is 9.84 Å². The lowest BCUT2D eigenvalue weighted by atomic mass is 10.2. The normalized spacial score (nSPS) is 11.8. The third kappa shape index (κ3) is 1.61. The molecule has 14 heavy (non-hydrogen) atoms. The summed E-state index contributed by atoms with van der Waals surface area (Å²) in [4.78, 5) is 3.89. The molecule has 4 heteroatoms. The SMILES string of the molecule is CS(=O)(=O)c1cc2ccccc2cn1. The van der Waals surface area contributed by atoms with E-state index in [2.05, 4.69) is 4.98 Å². The van der Waals surface area contributed by atoms with Crippen LogP contribution in [0, 0.1) is 0 Å². The maximum Gasteiger partial charge on any atom is 0.192 e. The summed E-state index contributed by atoms with van der Waals surface area (Å²) in [5, 5.41) is 1.96. The zero-order valence-electron chi connectivity index (χ0n) is 7.64.